The van der Waals surface area contributed by atoms with E-state index in [0.29, 0.717) is 21.0 Å². The van der Waals surface area contributed by atoms with Crippen molar-refractivity contribution in [2.45, 2.75) is 33.3 Å². The van der Waals surface area contributed by atoms with Crippen LogP contribution in [-0.4, -0.2) is 11.6 Å². The van der Waals surface area contributed by atoms with E-state index in [9.17, 15) is 9.18 Å². The number of thiophene rings is 1. The molecule has 0 atom stereocenters. The minimum atomic E-state index is -0.595. The van der Waals surface area contributed by atoms with Crippen LogP contribution in [0.4, 0.5) is 10.1 Å². The molecule has 0 unspecified atom stereocenters. The summed E-state index contributed by atoms with van der Waals surface area (Å²) in [5.74, 6) is -0.818. The molecule has 3 nitrogen and oxygen atoms in total. The molecule has 2 N–H and O–H groups in total. The van der Waals surface area contributed by atoms with Gasteiger partial charge in [-0.1, -0.05) is 11.6 Å². The van der Waals surface area contributed by atoms with Crippen LogP contribution in [0.1, 0.15) is 36.0 Å². The lowest BCUT2D eigenvalue weighted by Gasteiger charge is -2.18. The van der Waals surface area contributed by atoms with Crippen LogP contribution in [0.25, 0.3) is 10.4 Å². The fraction of sp³-hybridized carbons (Fsp3) is 0.312. The Morgan fingerprint density at radius 2 is 1.95 bits per heavy atom. The Bertz CT molecular complexity index is 686. The monoisotopic (exact) mass is 307 g/mol. The molecule has 1 aromatic heterocycles. The molecular weight excluding hydrogens is 289 g/mol. The number of carbonyl (C=O) groups excluding carboxylic acids is 1. The van der Waals surface area contributed by atoms with Crippen molar-refractivity contribution in [2.24, 2.45) is 0 Å². The molecule has 0 fully saturated rings. The number of nitrogens with two attached hydrogens (primary N) is 1. The average Bonchev–Trinajstić information content (AvgIpc) is 2.72. The van der Waals surface area contributed by atoms with Gasteiger partial charge in [-0.3, -0.25) is 0 Å². The molecule has 0 saturated carbocycles. The van der Waals surface area contributed by atoms with E-state index < -0.39 is 11.6 Å². The van der Waals surface area contributed by atoms with Gasteiger partial charge in [-0.05, 0) is 45.9 Å². The number of anilines is 1. The lowest BCUT2D eigenvalue weighted by Crippen LogP contribution is -2.23. The Hall–Kier alpha value is -1.88. The molecule has 0 amide bonds. The number of hydrogen-bond acceptors (Lipinski definition) is 4. The highest BCUT2D eigenvalue weighted by molar-refractivity contribution is 7.18. The maximum Gasteiger partial charge on any atom is 0.350 e. The molecule has 21 heavy (non-hydrogen) atoms. The van der Waals surface area contributed by atoms with E-state index in [1.807, 2.05) is 6.92 Å². The number of carbonyl (C=O) groups is 1. The maximum absolute atomic E-state index is 13.9. The fourth-order valence-corrected chi connectivity index (χ4v) is 2.82. The number of ether oxygens (including phenoxy) is 1. The third kappa shape index (κ3) is 3.61. The van der Waals surface area contributed by atoms with Crippen LogP contribution in [0.3, 0.4) is 0 Å². The topological polar surface area (TPSA) is 52.3 Å². The van der Waals surface area contributed by atoms with Gasteiger partial charge in [0.15, 0.2) is 0 Å². The van der Waals surface area contributed by atoms with Crippen LogP contribution in [-0.2, 0) is 4.74 Å². The normalized spacial score (nSPS) is 11.5. The van der Waals surface area contributed by atoms with Crippen LogP contribution >= 0.6 is 11.3 Å². The highest BCUT2D eigenvalue weighted by Crippen LogP contribution is 2.36. The van der Waals surface area contributed by atoms with Gasteiger partial charge in [0.05, 0.1) is 5.69 Å². The van der Waals surface area contributed by atoms with Gasteiger partial charge in [0.2, 0.25) is 0 Å². The molecule has 112 valence electrons. The predicted octanol–water partition coefficient (Wildman–Crippen LogP) is 4.40. The fourth-order valence-electron chi connectivity index (χ4n) is 1.85. The third-order valence-corrected chi connectivity index (χ3v) is 3.90. The van der Waals surface area contributed by atoms with Gasteiger partial charge in [-0.15, -0.1) is 11.3 Å². The smallest absolute Gasteiger partial charge is 0.350 e. The number of benzene rings is 1. The van der Waals surface area contributed by atoms with Crippen molar-refractivity contribution in [2.75, 3.05) is 5.73 Å². The zero-order chi connectivity index (χ0) is 15.8. The van der Waals surface area contributed by atoms with Crippen molar-refractivity contribution in [1.82, 2.24) is 0 Å². The quantitative estimate of drug-likeness (QED) is 0.837. The molecular formula is C16H18FNO2S. The molecule has 0 bridgehead atoms. The predicted molar refractivity (Wildman–Crippen MR) is 84.0 cm³/mol. The molecule has 0 saturated heterocycles. The molecule has 1 aromatic carbocycles. The largest absolute Gasteiger partial charge is 0.456 e. The molecule has 2 aromatic rings. The van der Waals surface area contributed by atoms with E-state index in [1.54, 1.807) is 39.0 Å². The summed E-state index contributed by atoms with van der Waals surface area (Å²) in [6.45, 7) is 7.25. The lowest BCUT2D eigenvalue weighted by atomic mass is 10.1. The van der Waals surface area contributed by atoms with Gasteiger partial charge in [0.25, 0.3) is 0 Å². The second-order valence-corrected chi connectivity index (χ2v) is 6.93. The van der Waals surface area contributed by atoms with E-state index in [-0.39, 0.29) is 5.82 Å². The Kier molecular flexibility index (Phi) is 4.05. The maximum atomic E-state index is 13.9. The van der Waals surface area contributed by atoms with E-state index in [2.05, 4.69) is 0 Å². The lowest BCUT2D eigenvalue weighted by molar-refractivity contribution is 0.00764. The molecule has 2 rings (SSSR count). The van der Waals surface area contributed by atoms with Crippen molar-refractivity contribution in [1.29, 1.82) is 0 Å². The highest BCUT2D eigenvalue weighted by atomic mass is 32.1. The first-order valence-corrected chi connectivity index (χ1v) is 7.38. The number of rotatable bonds is 2. The van der Waals surface area contributed by atoms with Gasteiger partial charge in [-0.2, -0.15) is 0 Å². The van der Waals surface area contributed by atoms with Crippen molar-refractivity contribution in [3.63, 3.8) is 0 Å². The number of nitrogen functional groups attached to an aromatic ring is 1. The van der Waals surface area contributed by atoms with E-state index in [1.165, 1.54) is 6.07 Å². The molecule has 0 aliphatic rings. The van der Waals surface area contributed by atoms with Gasteiger partial charge in [-0.25, -0.2) is 9.18 Å². The van der Waals surface area contributed by atoms with Crippen molar-refractivity contribution >= 4 is 23.0 Å². The minimum absolute atomic E-state index is 0.306. The van der Waals surface area contributed by atoms with Crippen molar-refractivity contribution in [3.05, 3.63) is 40.5 Å². The summed E-state index contributed by atoms with van der Waals surface area (Å²) >= 11 is 1.14. The number of halogens is 1. The molecule has 0 aliphatic carbocycles. The third-order valence-electron chi connectivity index (χ3n) is 2.73. The second kappa shape index (κ2) is 5.48. The molecule has 5 heteroatoms. The number of hydrogen-bond donors (Lipinski definition) is 1. The van der Waals surface area contributed by atoms with Crippen molar-refractivity contribution in [3.8, 4) is 10.4 Å². The highest BCUT2D eigenvalue weighted by Gasteiger charge is 2.23. The summed E-state index contributed by atoms with van der Waals surface area (Å²) in [7, 11) is 0. The van der Waals surface area contributed by atoms with Crippen LogP contribution in [0.5, 0.6) is 0 Å². The Morgan fingerprint density at radius 3 is 2.57 bits per heavy atom. The van der Waals surface area contributed by atoms with E-state index in [4.69, 9.17) is 10.5 Å². The van der Waals surface area contributed by atoms with Crippen LogP contribution in [0.15, 0.2) is 24.3 Å². The van der Waals surface area contributed by atoms with E-state index in [0.717, 1.165) is 16.9 Å². The summed E-state index contributed by atoms with van der Waals surface area (Å²) in [6.07, 6.45) is 0. The van der Waals surface area contributed by atoms with Crippen LogP contribution in [0, 0.1) is 12.7 Å². The second-order valence-electron chi connectivity index (χ2n) is 5.88. The SMILES string of the molecule is Cc1ccc(F)c(-c2cc(N)c(C(=O)OC(C)(C)C)s2)c1. The Balaban J connectivity index is 2.39. The van der Waals surface area contributed by atoms with Crippen LogP contribution < -0.4 is 5.73 Å². The average molecular weight is 307 g/mol. The number of aryl methyl sites for hydroxylation is 1. The van der Waals surface area contributed by atoms with Gasteiger partial charge in [0.1, 0.15) is 16.3 Å². The first kappa shape index (κ1) is 15.5. The summed E-state index contributed by atoms with van der Waals surface area (Å²) in [4.78, 5) is 13.0. The number of esters is 1. The Labute approximate surface area is 127 Å². The van der Waals surface area contributed by atoms with Crippen LogP contribution in [0.2, 0.25) is 0 Å². The molecule has 0 radical (unpaired) electrons. The van der Waals surface area contributed by atoms with Gasteiger partial charge < -0.3 is 10.5 Å². The summed E-state index contributed by atoms with van der Waals surface area (Å²) in [5, 5.41) is 0. The Morgan fingerprint density at radius 1 is 1.29 bits per heavy atom. The molecule has 1 heterocycles. The van der Waals surface area contributed by atoms with E-state index >= 15 is 0 Å². The summed E-state index contributed by atoms with van der Waals surface area (Å²) in [6, 6.07) is 6.46. The first-order chi connectivity index (χ1) is 9.67. The van der Waals surface area contributed by atoms with Gasteiger partial charge in [0, 0.05) is 10.4 Å². The molecule has 0 aliphatic heterocycles. The summed E-state index contributed by atoms with van der Waals surface area (Å²) in [5.41, 5.74) is 6.98. The zero-order valence-electron chi connectivity index (χ0n) is 12.5. The first-order valence-electron chi connectivity index (χ1n) is 6.56. The zero-order valence-corrected chi connectivity index (χ0v) is 13.3. The van der Waals surface area contributed by atoms with Crippen molar-refractivity contribution < 1.29 is 13.9 Å². The standard InChI is InChI=1S/C16H18FNO2S/c1-9-5-6-11(17)10(7-9)13-8-12(18)14(21-13)15(19)20-16(2,3)4/h5-8H,18H2,1-4H3. The molecule has 0 spiro atoms. The summed E-state index contributed by atoms with van der Waals surface area (Å²) < 4.78 is 19.2. The van der Waals surface area contributed by atoms with Gasteiger partial charge >= 0.3 is 5.97 Å². The minimum Gasteiger partial charge on any atom is -0.456 e.